The molecule has 1 fully saturated rings. The third-order valence-electron chi connectivity index (χ3n) is 5.10. The Morgan fingerprint density at radius 2 is 1.77 bits per heavy atom. The second-order valence-corrected chi connectivity index (χ2v) is 9.89. The largest absolute Gasteiger partial charge is 0.393 e. The van der Waals surface area contributed by atoms with Gasteiger partial charge in [0.1, 0.15) is 10.7 Å². The molecule has 1 aromatic heterocycles. The van der Waals surface area contributed by atoms with Crippen LogP contribution in [-0.2, 0) is 10.0 Å². The molecule has 164 valence electrons. The minimum atomic E-state index is -3.87. The van der Waals surface area contributed by atoms with Crippen LogP contribution in [0.15, 0.2) is 41.4 Å². The van der Waals surface area contributed by atoms with Gasteiger partial charge in [0.15, 0.2) is 11.6 Å². The first kappa shape index (κ1) is 22.2. The average Bonchev–Trinajstić information content (AvgIpc) is 3.22. The molecule has 11 heteroatoms. The summed E-state index contributed by atoms with van der Waals surface area (Å²) in [7, 11) is -3.87. The highest BCUT2D eigenvalue weighted by Gasteiger charge is 2.30. The maximum atomic E-state index is 13.7. The molecule has 2 N–H and O–H groups in total. The summed E-state index contributed by atoms with van der Waals surface area (Å²) in [5.41, 5.74) is 1.01. The van der Waals surface area contributed by atoms with Crippen LogP contribution < -0.4 is 0 Å². The zero-order valence-corrected chi connectivity index (χ0v) is 18.3. The van der Waals surface area contributed by atoms with Gasteiger partial charge in [-0.15, -0.1) is 0 Å². The molecule has 1 aliphatic heterocycles. The van der Waals surface area contributed by atoms with Gasteiger partial charge in [0.2, 0.25) is 10.0 Å². The van der Waals surface area contributed by atoms with Crippen LogP contribution in [0.5, 0.6) is 0 Å². The van der Waals surface area contributed by atoms with E-state index in [1.54, 1.807) is 6.07 Å². The normalized spacial score (nSPS) is 16.0. The van der Waals surface area contributed by atoms with E-state index in [1.165, 1.54) is 28.7 Å². The van der Waals surface area contributed by atoms with Gasteiger partial charge < -0.3 is 10.1 Å². The number of rotatable bonds is 4. The molecule has 2 heterocycles. The van der Waals surface area contributed by atoms with E-state index in [2.05, 4.69) is 9.97 Å². The molecular formula is C20H17Cl2F2N3O3S. The van der Waals surface area contributed by atoms with Crippen LogP contribution >= 0.6 is 23.2 Å². The fraction of sp³-hybridized carbons (Fsp3) is 0.250. The molecule has 31 heavy (non-hydrogen) atoms. The first-order valence-corrected chi connectivity index (χ1v) is 11.5. The van der Waals surface area contributed by atoms with Crippen molar-refractivity contribution >= 4 is 33.2 Å². The summed E-state index contributed by atoms with van der Waals surface area (Å²) >= 11 is 11.9. The number of H-pyrrole nitrogens is 1. The van der Waals surface area contributed by atoms with E-state index >= 15 is 0 Å². The van der Waals surface area contributed by atoms with Gasteiger partial charge in [0.25, 0.3) is 0 Å². The number of benzene rings is 2. The number of imidazole rings is 1. The van der Waals surface area contributed by atoms with Crippen molar-refractivity contribution in [2.75, 3.05) is 13.1 Å². The quantitative estimate of drug-likeness (QED) is 0.531. The highest BCUT2D eigenvalue weighted by molar-refractivity contribution is 7.89. The number of piperidine rings is 1. The Labute approximate surface area is 187 Å². The van der Waals surface area contributed by atoms with Crippen molar-refractivity contribution in [3.63, 3.8) is 0 Å². The third kappa shape index (κ3) is 4.33. The first-order valence-electron chi connectivity index (χ1n) is 9.35. The van der Waals surface area contributed by atoms with Gasteiger partial charge in [0, 0.05) is 30.4 Å². The number of hydrogen-bond donors (Lipinski definition) is 2. The van der Waals surface area contributed by atoms with E-state index in [4.69, 9.17) is 23.2 Å². The Hall–Kier alpha value is -2.04. The average molecular weight is 488 g/mol. The Morgan fingerprint density at radius 1 is 1.06 bits per heavy atom. The summed E-state index contributed by atoms with van der Waals surface area (Å²) in [6.45, 7) is 0.400. The lowest BCUT2D eigenvalue weighted by atomic mass is 10.1. The molecule has 0 unspecified atom stereocenters. The number of nitrogens with one attached hydrogen (secondary N) is 1. The second-order valence-electron chi connectivity index (χ2n) is 7.17. The number of halogens is 4. The van der Waals surface area contributed by atoms with Crippen molar-refractivity contribution in [2.24, 2.45) is 0 Å². The minimum absolute atomic E-state index is 0.0639. The smallest absolute Gasteiger partial charge is 0.244 e. The SMILES string of the molecule is O=S(=O)(c1cc(-c2nc(-c3cc(F)c(F)c(Cl)c3)c[nH]2)ccc1Cl)N1CCC(O)CC1. The van der Waals surface area contributed by atoms with Crippen LogP contribution in [-0.4, -0.2) is 47.0 Å². The molecule has 3 aromatic rings. The Morgan fingerprint density at radius 3 is 2.45 bits per heavy atom. The molecule has 0 atom stereocenters. The summed E-state index contributed by atoms with van der Waals surface area (Å²) in [5, 5.41) is 9.34. The molecule has 2 aromatic carbocycles. The van der Waals surface area contributed by atoms with E-state index in [9.17, 15) is 22.3 Å². The number of aliphatic hydroxyl groups is 1. The van der Waals surface area contributed by atoms with E-state index in [0.29, 0.717) is 29.9 Å². The number of hydrogen-bond acceptors (Lipinski definition) is 4. The Bertz CT molecular complexity index is 1220. The summed E-state index contributed by atoms with van der Waals surface area (Å²) in [6, 6.07) is 6.69. The van der Waals surface area contributed by atoms with E-state index in [-0.39, 0.29) is 33.6 Å². The molecule has 0 amide bonds. The summed E-state index contributed by atoms with van der Waals surface area (Å²) in [6.07, 6.45) is 1.68. The standard InChI is InChI=1S/C20H17Cl2F2N3O3S/c21-14-2-1-11(9-18(14)31(29,30)27-5-3-13(28)4-6-27)20-25-10-17(26-20)12-7-15(22)19(24)16(23)8-12/h1-2,7-10,13,28H,3-6H2,(H,25,26). The van der Waals surface area contributed by atoms with Gasteiger partial charge in [-0.05, 0) is 43.2 Å². The summed E-state index contributed by atoms with van der Waals surface area (Å²) in [5.74, 6) is -1.92. The molecule has 1 aliphatic rings. The number of aromatic amines is 1. The molecule has 0 spiro atoms. The zero-order chi connectivity index (χ0) is 22.3. The highest BCUT2D eigenvalue weighted by Crippen LogP contribution is 2.32. The number of aliphatic hydroxyl groups excluding tert-OH is 1. The minimum Gasteiger partial charge on any atom is -0.393 e. The van der Waals surface area contributed by atoms with Crippen LogP contribution in [0.4, 0.5) is 8.78 Å². The van der Waals surface area contributed by atoms with Crippen molar-refractivity contribution in [3.05, 3.63) is 58.2 Å². The molecule has 0 aliphatic carbocycles. The maximum absolute atomic E-state index is 13.7. The third-order valence-corrected chi connectivity index (χ3v) is 7.76. The second kappa shape index (κ2) is 8.48. The van der Waals surface area contributed by atoms with Crippen LogP contribution in [0, 0.1) is 11.6 Å². The summed E-state index contributed by atoms with van der Waals surface area (Å²) < 4.78 is 54.6. The molecule has 1 saturated heterocycles. The topological polar surface area (TPSA) is 86.3 Å². The predicted octanol–water partition coefficient (Wildman–Crippen LogP) is 4.47. The van der Waals surface area contributed by atoms with Gasteiger partial charge in [-0.3, -0.25) is 0 Å². The summed E-state index contributed by atoms with van der Waals surface area (Å²) in [4.78, 5) is 7.18. The van der Waals surface area contributed by atoms with Gasteiger partial charge in [-0.25, -0.2) is 22.2 Å². The maximum Gasteiger partial charge on any atom is 0.244 e. The Kier molecular flexibility index (Phi) is 6.06. The van der Waals surface area contributed by atoms with Crippen LogP contribution in [0.1, 0.15) is 12.8 Å². The first-order chi connectivity index (χ1) is 14.7. The zero-order valence-electron chi connectivity index (χ0n) is 15.9. The van der Waals surface area contributed by atoms with Crippen molar-refractivity contribution in [2.45, 2.75) is 23.8 Å². The number of sulfonamides is 1. The highest BCUT2D eigenvalue weighted by atomic mass is 35.5. The van der Waals surface area contributed by atoms with Gasteiger partial charge in [0.05, 0.1) is 21.8 Å². The lowest BCUT2D eigenvalue weighted by molar-refractivity contribution is 0.113. The van der Waals surface area contributed by atoms with Crippen molar-refractivity contribution in [1.29, 1.82) is 0 Å². The van der Waals surface area contributed by atoms with Crippen LogP contribution in [0.3, 0.4) is 0 Å². The van der Waals surface area contributed by atoms with Crippen LogP contribution in [0.25, 0.3) is 22.6 Å². The number of nitrogens with zero attached hydrogens (tertiary/aromatic N) is 2. The van der Waals surface area contributed by atoms with E-state index in [0.717, 1.165) is 6.07 Å². The van der Waals surface area contributed by atoms with Crippen molar-refractivity contribution in [3.8, 4) is 22.6 Å². The van der Waals surface area contributed by atoms with E-state index < -0.39 is 27.8 Å². The molecule has 4 rings (SSSR count). The van der Waals surface area contributed by atoms with Crippen molar-refractivity contribution < 1.29 is 22.3 Å². The molecule has 0 bridgehead atoms. The molecule has 0 saturated carbocycles. The van der Waals surface area contributed by atoms with Gasteiger partial charge in [-0.2, -0.15) is 4.31 Å². The van der Waals surface area contributed by atoms with Gasteiger partial charge in [-0.1, -0.05) is 23.2 Å². The monoisotopic (exact) mass is 487 g/mol. The molecular weight excluding hydrogens is 471 g/mol. The lowest BCUT2D eigenvalue weighted by Gasteiger charge is -2.29. The number of aromatic nitrogens is 2. The van der Waals surface area contributed by atoms with E-state index in [1.807, 2.05) is 0 Å². The predicted molar refractivity (Wildman–Crippen MR) is 113 cm³/mol. The molecule has 6 nitrogen and oxygen atoms in total. The fourth-order valence-electron chi connectivity index (χ4n) is 3.39. The lowest BCUT2D eigenvalue weighted by Crippen LogP contribution is -2.40. The fourth-order valence-corrected chi connectivity index (χ4v) is 5.57. The van der Waals surface area contributed by atoms with Crippen molar-refractivity contribution in [1.82, 2.24) is 14.3 Å². The molecule has 0 radical (unpaired) electrons. The van der Waals surface area contributed by atoms with Crippen LogP contribution in [0.2, 0.25) is 10.0 Å². The van der Waals surface area contributed by atoms with Gasteiger partial charge >= 0.3 is 0 Å². The Balaban J connectivity index is 1.68.